The molecule has 0 spiro atoms. The number of benzene rings is 2. The highest BCUT2D eigenvalue weighted by molar-refractivity contribution is 9.10. The molecule has 2 rings (SSSR count). The molecule has 0 amide bonds. The molecule has 0 aliphatic rings. The first-order chi connectivity index (χ1) is 10.1. The lowest BCUT2D eigenvalue weighted by atomic mass is 10.1. The number of halogens is 2. The summed E-state index contributed by atoms with van der Waals surface area (Å²) in [6.07, 6.45) is 0.404. The Kier molecular flexibility index (Phi) is 6.33. The Bertz CT molecular complexity index is 627. The van der Waals surface area contributed by atoms with Gasteiger partial charge in [-0.25, -0.2) is 0 Å². The first-order valence-electron chi connectivity index (χ1n) is 6.31. The van der Waals surface area contributed by atoms with E-state index in [2.05, 4.69) is 31.9 Å². The Morgan fingerprint density at radius 2 is 1.86 bits per heavy atom. The molecule has 5 heteroatoms. The lowest BCUT2D eigenvalue weighted by Gasteiger charge is -2.07. The molecule has 0 unspecified atom stereocenters. The number of ether oxygens (including phenoxy) is 1. The second kappa shape index (κ2) is 8.01. The summed E-state index contributed by atoms with van der Waals surface area (Å²) >= 11 is 8.43. The molecule has 0 heterocycles. The Balaban J connectivity index is 1.94. The molecule has 110 valence electrons. The highest BCUT2D eigenvalue weighted by Crippen LogP contribution is 2.25. The van der Waals surface area contributed by atoms with Crippen LogP contribution in [0.1, 0.15) is 5.56 Å². The van der Waals surface area contributed by atoms with Gasteiger partial charge in [0.1, 0.15) is 11.5 Å². The van der Waals surface area contributed by atoms with Gasteiger partial charge in [-0.1, -0.05) is 31.9 Å². The minimum Gasteiger partial charge on any atom is -0.497 e. The predicted octanol–water partition coefficient (Wildman–Crippen LogP) is 5.12. The van der Waals surface area contributed by atoms with Gasteiger partial charge in [-0.05, 0) is 48.0 Å². The molecule has 0 fully saturated rings. The number of carbonyl (C=O) groups excluding carboxylic acids is 1. The fraction of sp³-hybridized carbons (Fsp3) is 0.188. The first-order valence-corrected chi connectivity index (χ1v) is 8.88. The quantitative estimate of drug-likeness (QED) is 0.595. The fourth-order valence-corrected chi connectivity index (χ4v) is 3.18. The molecule has 0 atom stereocenters. The van der Waals surface area contributed by atoms with Crippen LogP contribution >= 0.6 is 43.6 Å². The van der Waals surface area contributed by atoms with Crippen LogP contribution in [-0.2, 0) is 11.2 Å². The van der Waals surface area contributed by atoms with Crippen LogP contribution in [0.25, 0.3) is 0 Å². The summed E-state index contributed by atoms with van der Waals surface area (Å²) in [6, 6.07) is 13.6. The van der Waals surface area contributed by atoms with Crippen LogP contribution in [0, 0.1) is 0 Å². The lowest BCUT2D eigenvalue weighted by Crippen LogP contribution is -2.06. The van der Waals surface area contributed by atoms with Crippen molar-refractivity contribution in [1.29, 1.82) is 0 Å². The summed E-state index contributed by atoms with van der Waals surface area (Å²) < 4.78 is 7.17. The number of thioether (sulfide) groups is 1. The van der Waals surface area contributed by atoms with Crippen molar-refractivity contribution in [2.45, 2.75) is 11.3 Å². The molecule has 2 aromatic rings. The highest BCUT2D eigenvalue weighted by Gasteiger charge is 2.09. The maximum absolute atomic E-state index is 12.1. The average Bonchev–Trinajstić information content (AvgIpc) is 2.49. The van der Waals surface area contributed by atoms with E-state index >= 15 is 0 Å². The van der Waals surface area contributed by atoms with Crippen molar-refractivity contribution in [2.24, 2.45) is 0 Å². The summed E-state index contributed by atoms with van der Waals surface area (Å²) in [5.74, 6) is 1.42. The number of Topliss-reactive ketones (excluding diaryl/α,β-unsaturated/α-hetero) is 1. The van der Waals surface area contributed by atoms with Gasteiger partial charge in [-0.2, -0.15) is 0 Å². The van der Waals surface area contributed by atoms with Crippen molar-refractivity contribution < 1.29 is 9.53 Å². The van der Waals surface area contributed by atoms with Gasteiger partial charge in [0.25, 0.3) is 0 Å². The van der Waals surface area contributed by atoms with Crippen LogP contribution < -0.4 is 4.74 Å². The first kappa shape index (κ1) is 16.6. The van der Waals surface area contributed by atoms with Gasteiger partial charge >= 0.3 is 0 Å². The minimum atomic E-state index is 0.192. The topological polar surface area (TPSA) is 26.3 Å². The van der Waals surface area contributed by atoms with Crippen LogP contribution in [0.2, 0.25) is 0 Å². The molecule has 0 aliphatic heterocycles. The standard InChI is InChI=1S/C16H14Br2O2S/c1-20-14-4-7-16(18)11(9-14)8-13(19)10-21-15-5-2-12(17)3-6-15/h2-7,9H,8,10H2,1H3. The van der Waals surface area contributed by atoms with E-state index in [1.807, 2.05) is 42.5 Å². The second-order valence-electron chi connectivity index (χ2n) is 4.42. The van der Waals surface area contributed by atoms with Gasteiger partial charge in [-0.15, -0.1) is 11.8 Å². The second-order valence-corrected chi connectivity index (χ2v) is 7.23. The molecule has 0 N–H and O–H groups in total. The van der Waals surface area contributed by atoms with Crippen LogP contribution in [0.4, 0.5) is 0 Å². The van der Waals surface area contributed by atoms with Gasteiger partial charge in [0.05, 0.1) is 12.9 Å². The lowest BCUT2D eigenvalue weighted by molar-refractivity contribution is -0.116. The number of ketones is 1. The number of rotatable bonds is 6. The Hall–Kier alpha value is -0.780. The van der Waals surface area contributed by atoms with Crippen LogP contribution in [0.3, 0.4) is 0 Å². The van der Waals surface area contributed by atoms with E-state index in [-0.39, 0.29) is 5.78 Å². The van der Waals surface area contributed by atoms with Crippen molar-refractivity contribution in [3.8, 4) is 5.75 Å². The van der Waals surface area contributed by atoms with E-state index in [9.17, 15) is 4.79 Å². The van der Waals surface area contributed by atoms with Crippen molar-refractivity contribution in [3.63, 3.8) is 0 Å². The van der Waals surface area contributed by atoms with Crippen LogP contribution in [-0.4, -0.2) is 18.6 Å². The van der Waals surface area contributed by atoms with Crippen molar-refractivity contribution in [1.82, 2.24) is 0 Å². The van der Waals surface area contributed by atoms with Gasteiger partial charge in [-0.3, -0.25) is 4.79 Å². The molecule has 0 aliphatic carbocycles. The molecule has 21 heavy (non-hydrogen) atoms. The monoisotopic (exact) mass is 428 g/mol. The summed E-state index contributed by atoms with van der Waals surface area (Å²) in [5.41, 5.74) is 0.954. The van der Waals surface area contributed by atoms with E-state index in [1.165, 1.54) is 0 Å². The molecule has 0 saturated carbocycles. The molecular weight excluding hydrogens is 416 g/mol. The van der Waals surface area contributed by atoms with Gasteiger partial charge < -0.3 is 4.74 Å². The third-order valence-electron chi connectivity index (χ3n) is 2.85. The molecule has 2 nitrogen and oxygen atoms in total. The highest BCUT2D eigenvalue weighted by atomic mass is 79.9. The molecule has 0 saturated heterocycles. The number of methoxy groups -OCH3 is 1. The van der Waals surface area contributed by atoms with Crippen LogP contribution in [0.5, 0.6) is 5.75 Å². The maximum atomic E-state index is 12.1. The number of carbonyl (C=O) groups is 1. The zero-order valence-corrected chi connectivity index (χ0v) is 15.4. The average molecular weight is 430 g/mol. The summed E-state index contributed by atoms with van der Waals surface area (Å²) in [4.78, 5) is 13.2. The molecule has 2 aromatic carbocycles. The predicted molar refractivity (Wildman–Crippen MR) is 94.3 cm³/mol. The zero-order chi connectivity index (χ0) is 15.2. The summed E-state index contributed by atoms with van der Waals surface area (Å²) in [7, 11) is 1.62. The van der Waals surface area contributed by atoms with Gasteiger partial charge in [0.15, 0.2) is 0 Å². The minimum absolute atomic E-state index is 0.192. The normalized spacial score (nSPS) is 10.4. The Labute approximate surface area is 145 Å². The Morgan fingerprint density at radius 1 is 1.14 bits per heavy atom. The zero-order valence-electron chi connectivity index (χ0n) is 11.4. The fourth-order valence-electron chi connectivity index (χ4n) is 1.77. The molecule has 0 radical (unpaired) electrons. The van der Waals surface area contributed by atoms with E-state index in [4.69, 9.17) is 4.74 Å². The van der Waals surface area contributed by atoms with Crippen LogP contribution in [0.15, 0.2) is 56.3 Å². The van der Waals surface area contributed by atoms with Gasteiger partial charge in [0.2, 0.25) is 0 Å². The third-order valence-corrected chi connectivity index (χ3v) is 5.23. The van der Waals surface area contributed by atoms with E-state index in [0.29, 0.717) is 12.2 Å². The number of hydrogen-bond donors (Lipinski definition) is 0. The number of hydrogen-bond acceptors (Lipinski definition) is 3. The van der Waals surface area contributed by atoms with Crippen molar-refractivity contribution >= 4 is 49.4 Å². The van der Waals surface area contributed by atoms with Crippen molar-refractivity contribution in [3.05, 3.63) is 57.0 Å². The largest absolute Gasteiger partial charge is 0.497 e. The van der Waals surface area contributed by atoms with E-state index in [1.54, 1.807) is 18.9 Å². The maximum Gasteiger partial charge on any atom is 0.147 e. The van der Waals surface area contributed by atoms with E-state index < -0.39 is 0 Å². The molecule has 0 bridgehead atoms. The SMILES string of the molecule is COc1ccc(Br)c(CC(=O)CSc2ccc(Br)cc2)c1. The molecular formula is C16H14Br2O2S. The van der Waals surface area contributed by atoms with E-state index in [0.717, 1.165) is 25.2 Å². The third kappa shape index (κ3) is 5.16. The summed E-state index contributed by atoms with van der Waals surface area (Å²) in [5, 5.41) is 0. The smallest absolute Gasteiger partial charge is 0.147 e. The Morgan fingerprint density at radius 3 is 2.52 bits per heavy atom. The van der Waals surface area contributed by atoms with Gasteiger partial charge in [0, 0.05) is 20.3 Å². The molecule has 0 aromatic heterocycles. The van der Waals surface area contributed by atoms with Crippen molar-refractivity contribution in [2.75, 3.05) is 12.9 Å². The summed E-state index contributed by atoms with van der Waals surface area (Å²) in [6.45, 7) is 0.